The van der Waals surface area contributed by atoms with Crippen LogP contribution in [0.5, 0.6) is 0 Å². The summed E-state index contributed by atoms with van der Waals surface area (Å²) in [6.45, 7) is 12.5. The molecule has 0 bridgehead atoms. The first-order chi connectivity index (χ1) is 16.7. The predicted octanol–water partition coefficient (Wildman–Crippen LogP) is 6.33. The Hall–Kier alpha value is -1.82. The van der Waals surface area contributed by atoms with E-state index in [0.717, 1.165) is 26.2 Å². The van der Waals surface area contributed by atoms with Crippen molar-refractivity contribution in [3.63, 3.8) is 0 Å². The highest BCUT2D eigenvalue weighted by Crippen LogP contribution is 2.42. The number of rotatable bonds is 9. The van der Waals surface area contributed by atoms with E-state index >= 15 is 0 Å². The molecular formula is C29H46N4O. The fourth-order valence-electron chi connectivity index (χ4n) is 5.42. The Kier molecular flexibility index (Phi) is 11.5. The van der Waals surface area contributed by atoms with Gasteiger partial charge in [-0.05, 0) is 102 Å². The predicted molar refractivity (Wildman–Crippen MR) is 141 cm³/mol. The summed E-state index contributed by atoms with van der Waals surface area (Å²) in [4.78, 5) is 12.4. The van der Waals surface area contributed by atoms with Crippen molar-refractivity contribution in [3.05, 3.63) is 59.2 Å². The summed E-state index contributed by atoms with van der Waals surface area (Å²) >= 11 is 0. The third kappa shape index (κ3) is 7.34. The van der Waals surface area contributed by atoms with Crippen molar-refractivity contribution in [1.29, 1.82) is 0 Å². The summed E-state index contributed by atoms with van der Waals surface area (Å²) in [7, 11) is 0. The molecule has 3 atom stereocenters. The normalized spacial score (nSPS) is 23.2. The second-order valence-corrected chi connectivity index (χ2v) is 9.51. The topological polar surface area (TPSA) is 50.3 Å². The van der Waals surface area contributed by atoms with Crippen LogP contribution in [-0.4, -0.2) is 47.2 Å². The van der Waals surface area contributed by atoms with Crippen LogP contribution in [-0.2, 0) is 4.74 Å². The Balaban J connectivity index is 0.00000158. The molecule has 5 heteroatoms. The molecule has 188 valence electrons. The lowest BCUT2D eigenvalue weighted by atomic mass is 9.88. The van der Waals surface area contributed by atoms with Crippen molar-refractivity contribution in [2.45, 2.75) is 97.2 Å². The van der Waals surface area contributed by atoms with Crippen molar-refractivity contribution in [3.8, 4) is 0 Å². The molecule has 34 heavy (non-hydrogen) atoms. The molecule has 2 saturated heterocycles. The van der Waals surface area contributed by atoms with Crippen LogP contribution in [0.3, 0.4) is 0 Å². The SMILES string of the molecule is CC.Cc1cccnc1C1CCCC(c2ncccc2C)N1CCCCNCC1CCCCO1. The number of aromatic nitrogens is 2. The first-order valence-corrected chi connectivity index (χ1v) is 13.6. The lowest BCUT2D eigenvalue weighted by molar-refractivity contribution is 0.0169. The Labute approximate surface area is 207 Å². The van der Waals surface area contributed by atoms with E-state index in [4.69, 9.17) is 14.7 Å². The van der Waals surface area contributed by atoms with Crippen molar-refractivity contribution in [2.75, 3.05) is 26.2 Å². The maximum atomic E-state index is 5.84. The number of likely N-dealkylation sites (tertiary alicyclic amines) is 1. The Morgan fingerprint density at radius 3 is 2.09 bits per heavy atom. The van der Waals surface area contributed by atoms with Gasteiger partial charge in [0.05, 0.1) is 29.6 Å². The van der Waals surface area contributed by atoms with E-state index in [-0.39, 0.29) is 0 Å². The van der Waals surface area contributed by atoms with E-state index in [1.807, 2.05) is 38.4 Å². The van der Waals surface area contributed by atoms with Crippen molar-refractivity contribution < 1.29 is 4.74 Å². The highest BCUT2D eigenvalue weighted by Gasteiger charge is 2.34. The molecule has 2 aliphatic heterocycles. The van der Waals surface area contributed by atoms with E-state index < -0.39 is 0 Å². The maximum Gasteiger partial charge on any atom is 0.0699 e. The minimum atomic E-state index is 0.375. The van der Waals surface area contributed by atoms with Crippen molar-refractivity contribution >= 4 is 0 Å². The molecule has 2 fully saturated rings. The maximum absolute atomic E-state index is 5.84. The fraction of sp³-hybridized carbons (Fsp3) is 0.655. The van der Waals surface area contributed by atoms with Gasteiger partial charge in [0.1, 0.15) is 0 Å². The molecule has 0 radical (unpaired) electrons. The van der Waals surface area contributed by atoms with Gasteiger partial charge in [-0.15, -0.1) is 0 Å². The van der Waals surface area contributed by atoms with Gasteiger partial charge in [-0.2, -0.15) is 0 Å². The molecule has 0 saturated carbocycles. The second-order valence-electron chi connectivity index (χ2n) is 9.51. The van der Waals surface area contributed by atoms with Gasteiger partial charge >= 0.3 is 0 Å². The monoisotopic (exact) mass is 466 g/mol. The quantitative estimate of drug-likeness (QED) is 0.438. The number of piperidine rings is 1. The Morgan fingerprint density at radius 1 is 0.882 bits per heavy atom. The molecule has 0 spiro atoms. The van der Waals surface area contributed by atoms with E-state index in [9.17, 15) is 0 Å². The summed E-state index contributed by atoms with van der Waals surface area (Å²) in [5.41, 5.74) is 5.10. The van der Waals surface area contributed by atoms with Crippen molar-refractivity contribution in [2.24, 2.45) is 0 Å². The summed E-state index contributed by atoms with van der Waals surface area (Å²) in [5.74, 6) is 0. The summed E-state index contributed by atoms with van der Waals surface area (Å²) in [6, 6.07) is 9.25. The van der Waals surface area contributed by atoms with Gasteiger partial charge in [-0.25, -0.2) is 0 Å². The number of hydrogen-bond acceptors (Lipinski definition) is 5. The zero-order chi connectivity index (χ0) is 24.2. The first kappa shape index (κ1) is 26.8. The highest BCUT2D eigenvalue weighted by molar-refractivity contribution is 5.25. The molecule has 4 heterocycles. The van der Waals surface area contributed by atoms with Crippen LogP contribution in [0.25, 0.3) is 0 Å². The largest absolute Gasteiger partial charge is 0.377 e. The van der Waals surface area contributed by atoms with Gasteiger partial charge in [0.25, 0.3) is 0 Å². The molecule has 2 aliphatic rings. The number of nitrogens with zero attached hydrogens (tertiary/aromatic N) is 3. The second kappa shape index (κ2) is 14.6. The smallest absolute Gasteiger partial charge is 0.0699 e. The Bertz CT molecular complexity index is 783. The molecule has 0 aliphatic carbocycles. The third-order valence-electron chi connectivity index (χ3n) is 7.15. The van der Waals surface area contributed by atoms with E-state index in [1.165, 1.54) is 73.9 Å². The summed E-state index contributed by atoms with van der Waals surface area (Å²) < 4.78 is 5.84. The minimum absolute atomic E-state index is 0.375. The lowest BCUT2D eigenvalue weighted by Crippen LogP contribution is -2.39. The number of nitrogens with one attached hydrogen (secondary N) is 1. The molecule has 5 nitrogen and oxygen atoms in total. The number of ether oxygens (including phenoxy) is 1. The molecule has 0 amide bonds. The van der Waals surface area contributed by atoms with Crippen LogP contribution in [0.15, 0.2) is 36.7 Å². The molecule has 1 N–H and O–H groups in total. The van der Waals surface area contributed by atoms with Crippen LogP contribution >= 0.6 is 0 Å². The number of hydrogen-bond donors (Lipinski definition) is 1. The molecule has 2 aromatic rings. The van der Waals surface area contributed by atoms with E-state index in [0.29, 0.717) is 18.2 Å². The van der Waals surface area contributed by atoms with Gasteiger partial charge < -0.3 is 10.1 Å². The van der Waals surface area contributed by atoms with Gasteiger partial charge in [0.2, 0.25) is 0 Å². The summed E-state index contributed by atoms with van der Waals surface area (Å²) in [5, 5.41) is 3.63. The van der Waals surface area contributed by atoms with E-state index in [1.54, 1.807) is 0 Å². The first-order valence-electron chi connectivity index (χ1n) is 13.6. The minimum Gasteiger partial charge on any atom is -0.377 e. The number of pyridine rings is 2. The fourth-order valence-corrected chi connectivity index (χ4v) is 5.42. The molecule has 2 aromatic heterocycles. The number of unbranched alkanes of at least 4 members (excludes halogenated alkanes) is 1. The highest BCUT2D eigenvalue weighted by atomic mass is 16.5. The average molecular weight is 467 g/mol. The molecule has 0 aromatic carbocycles. The van der Waals surface area contributed by atoms with Crippen LogP contribution < -0.4 is 5.32 Å². The van der Waals surface area contributed by atoms with Gasteiger partial charge in [-0.1, -0.05) is 26.0 Å². The molecule has 3 unspecified atom stereocenters. The number of aryl methyl sites for hydroxylation is 2. The van der Waals surface area contributed by atoms with Crippen LogP contribution in [0.4, 0.5) is 0 Å². The van der Waals surface area contributed by atoms with Gasteiger partial charge in [-0.3, -0.25) is 14.9 Å². The lowest BCUT2D eigenvalue weighted by Gasteiger charge is -2.42. The van der Waals surface area contributed by atoms with Gasteiger partial charge in [0, 0.05) is 25.5 Å². The summed E-state index contributed by atoms with van der Waals surface area (Å²) in [6.07, 6.45) is 14.0. The standard InChI is InChI=1S/C27H40N4O.C2H6/c1-21-10-8-16-29-26(21)24-13-7-14-25(27-22(2)11-9-17-30-27)31(24)18-5-4-15-28-20-23-12-3-6-19-32-23;1-2/h8-11,16-17,23-25,28H,3-7,12-15,18-20H2,1-2H3;1-2H3. The zero-order valence-corrected chi connectivity index (χ0v) is 21.9. The van der Waals surface area contributed by atoms with Crippen LogP contribution in [0.2, 0.25) is 0 Å². The van der Waals surface area contributed by atoms with Crippen molar-refractivity contribution in [1.82, 2.24) is 20.2 Å². The molecular weight excluding hydrogens is 420 g/mol. The van der Waals surface area contributed by atoms with Crippen LogP contribution in [0, 0.1) is 13.8 Å². The molecule has 4 rings (SSSR count). The van der Waals surface area contributed by atoms with Crippen LogP contribution in [0.1, 0.15) is 99.8 Å². The van der Waals surface area contributed by atoms with E-state index in [2.05, 4.69) is 36.2 Å². The zero-order valence-electron chi connectivity index (χ0n) is 21.9. The third-order valence-corrected chi connectivity index (χ3v) is 7.15. The van der Waals surface area contributed by atoms with Gasteiger partial charge in [0.15, 0.2) is 0 Å². The Morgan fingerprint density at radius 2 is 1.53 bits per heavy atom. The average Bonchev–Trinajstić information content (AvgIpc) is 2.89.